The van der Waals surface area contributed by atoms with E-state index in [9.17, 15) is 10.0 Å². The van der Waals surface area contributed by atoms with Crippen molar-refractivity contribution >= 4 is 21.8 Å². The molecule has 1 heterocycles. The van der Waals surface area contributed by atoms with Crippen molar-refractivity contribution < 1.29 is 9.52 Å². The van der Waals surface area contributed by atoms with Crippen LogP contribution >= 0.6 is 15.9 Å². The van der Waals surface area contributed by atoms with E-state index in [1.807, 2.05) is 0 Å². The van der Waals surface area contributed by atoms with E-state index in [1.165, 1.54) is 12.4 Å². The first kappa shape index (κ1) is 9.45. The van der Waals surface area contributed by atoms with Crippen molar-refractivity contribution in [3.63, 3.8) is 0 Å². The molecule has 2 rings (SSSR count). The quantitative estimate of drug-likeness (QED) is 0.634. The summed E-state index contributed by atoms with van der Waals surface area (Å²) in [7, 11) is 0. The minimum atomic E-state index is -0.182. The summed E-state index contributed by atoms with van der Waals surface area (Å²) in [5.74, 6) is -0.182. The molecule has 0 unspecified atom stereocenters. The number of rotatable bonds is 2. The molecular formula is C9H9BrN2O2. The van der Waals surface area contributed by atoms with Gasteiger partial charge in [0.25, 0.3) is 5.91 Å². The first-order valence-corrected chi connectivity index (χ1v) is 5.14. The number of hydrogen-bond acceptors (Lipinski definition) is 2. The molecular weight excluding hydrogens is 248 g/mol. The van der Waals surface area contributed by atoms with Crippen LogP contribution in [0.1, 0.15) is 23.2 Å². The number of halogens is 1. The van der Waals surface area contributed by atoms with Gasteiger partial charge in [0.15, 0.2) is 12.4 Å². The summed E-state index contributed by atoms with van der Waals surface area (Å²) in [6, 6.07) is 1.94. The lowest BCUT2D eigenvalue weighted by molar-refractivity contribution is -0.606. The van der Waals surface area contributed by atoms with Gasteiger partial charge in [0.05, 0.1) is 4.47 Å². The Morgan fingerprint density at radius 3 is 2.86 bits per heavy atom. The minimum absolute atomic E-state index is 0.182. The van der Waals surface area contributed by atoms with E-state index in [0.29, 0.717) is 20.8 Å². The lowest BCUT2D eigenvalue weighted by atomic mass is 10.3. The van der Waals surface area contributed by atoms with Crippen LogP contribution in [0.2, 0.25) is 0 Å². The Bertz CT molecular complexity index is 357. The van der Waals surface area contributed by atoms with Crippen molar-refractivity contribution in [2.24, 2.45) is 0 Å². The minimum Gasteiger partial charge on any atom is -0.619 e. The Labute approximate surface area is 89.6 Å². The van der Waals surface area contributed by atoms with Gasteiger partial charge in [0.1, 0.15) is 5.56 Å². The highest BCUT2D eigenvalue weighted by molar-refractivity contribution is 9.10. The largest absolute Gasteiger partial charge is 0.619 e. The maximum absolute atomic E-state index is 11.5. The maximum Gasteiger partial charge on any atom is 0.257 e. The molecule has 1 aromatic rings. The van der Waals surface area contributed by atoms with Crippen molar-refractivity contribution in [2.75, 3.05) is 0 Å². The highest BCUT2D eigenvalue weighted by Gasteiger charge is 2.24. The van der Waals surface area contributed by atoms with Crippen LogP contribution < -0.4 is 10.0 Å². The summed E-state index contributed by atoms with van der Waals surface area (Å²) < 4.78 is 1.22. The molecule has 0 spiro atoms. The molecule has 0 radical (unpaired) electrons. The van der Waals surface area contributed by atoms with E-state index in [4.69, 9.17) is 0 Å². The van der Waals surface area contributed by atoms with Crippen molar-refractivity contribution in [1.82, 2.24) is 5.32 Å². The molecule has 1 aromatic heterocycles. The molecule has 1 fully saturated rings. The summed E-state index contributed by atoms with van der Waals surface area (Å²) >= 11 is 3.16. The van der Waals surface area contributed by atoms with Crippen LogP contribution in [0, 0.1) is 5.21 Å². The molecule has 5 heteroatoms. The average Bonchev–Trinajstić information content (AvgIpc) is 2.86. The van der Waals surface area contributed by atoms with Crippen LogP contribution in [0.25, 0.3) is 0 Å². The molecule has 0 aromatic carbocycles. The van der Waals surface area contributed by atoms with Crippen LogP contribution in [0.3, 0.4) is 0 Å². The van der Waals surface area contributed by atoms with E-state index in [0.717, 1.165) is 12.8 Å². The van der Waals surface area contributed by atoms with E-state index in [2.05, 4.69) is 21.2 Å². The summed E-state index contributed by atoms with van der Waals surface area (Å²) in [5.41, 5.74) is 0.390. The van der Waals surface area contributed by atoms with Crippen molar-refractivity contribution in [2.45, 2.75) is 18.9 Å². The number of nitrogens with zero attached hydrogens (tertiary/aromatic N) is 1. The van der Waals surface area contributed by atoms with E-state index >= 15 is 0 Å². The number of pyridine rings is 1. The zero-order chi connectivity index (χ0) is 10.1. The van der Waals surface area contributed by atoms with Gasteiger partial charge in [-0.15, -0.1) is 0 Å². The highest BCUT2D eigenvalue weighted by atomic mass is 79.9. The first-order chi connectivity index (χ1) is 6.65. The fourth-order valence-corrected chi connectivity index (χ4v) is 1.59. The summed E-state index contributed by atoms with van der Waals surface area (Å²) in [4.78, 5) is 11.5. The maximum atomic E-state index is 11.5. The van der Waals surface area contributed by atoms with Crippen LogP contribution in [-0.2, 0) is 0 Å². The van der Waals surface area contributed by atoms with Gasteiger partial charge in [-0.25, -0.2) is 0 Å². The lowest BCUT2D eigenvalue weighted by Crippen LogP contribution is -2.31. The molecule has 1 aliphatic carbocycles. The predicted molar refractivity (Wildman–Crippen MR) is 53.6 cm³/mol. The van der Waals surface area contributed by atoms with Gasteiger partial charge in [0, 0.05) is 6.04 Å². The number of amides is 1. The molecule has 0 bridgehead atoms. The number of aromatic nitrogens is 1. The zero-order valence-electron chi connectivity index (χ0n) is 7.37. The smallest absolute Gasteiger partial charge is 0.257 e. The first-order valence-electron chi connectivity index (χ1n) is 4.35. The van der Waals surface area contributed by atoms with Crippen molar-refractivity contribution in [1.29, 1.82) is 0 Å². The molecule has 14 heavy (non-hydrogen) atoms. The number of carbonyl (C=O) groups excluding carboxylic acids is 1. The number of hydrogen-bond donors (Lipinski definition) is 1. The highest BCUT2D eigenvalue weighted by Crippen LogP contribution is 2.19. The standard InChI is InChI=1S/C9H9BrN2O2/c10-7-3-6(4-12(14)5-7)9(13)11-8-1-2-8/h3-5,8H,1-2H2,(H,11,13). The van der Waals surface area contributed by atoms with Crippen molar-refractivity contribution in [3.05, 3.63) is 33.7 Å². The monoisotopic (exact) mass is 256 g/mol. The summed E-state index contributed by atoms with van der Waals surface area (Å²) in [6.07, 6.45) is 4.70. The van der Waals surface area contributed by atoms with Crippen LogP contribution in [-0.4, -0.2) is 11.9 Å². The molecule has 1 N–H and O–H groups in total. The SMILES string of the molecule is O=C(NC1CC1)c1cc(Br)c[n+]([O-])c1. The third kappa shape index (κ3) is 2.23. The van der Waals surface area contributed by atoms with Gasteiger partial charge in [-0.1, -0.05) is 0 Å². The van der Waals surface area contributed by atoms with E-state index in [-0.39, 0.29) is 5.91 Å². The Kier molecular flexibility index (Phi) is 2.41. The predicted octanol–water partition coefficient (Wildman–Crippen LogP) is 0.975. The Morgan fingerprint density at radius 1 is 1.57 bits per heavy atom. The Balaban J connectivity index is 2.17. The van der Waals surface area contributed by atoms with Crippen LogP contribution in [0.5, 0.6) is 0 Å². The zero-order valence-corrected chi connectivity index (χ0v) is 8.95. The third-order valence-electron chi connectivity index (χ3n) is 1.99. The van der Waals surface area contributed by atoms with Gasteiger partial charge in [0.2, 0.25) is 0 Å². The molecule has 4 nitrogen and oxygen atoms in total. The van der Waals surface area contributed by atoms with Crippen LogP contribution in [0.4, 0.5) is 0 Å². The molecule has 1 saturated carbocycles. The average molecular weight is 257 g/mol. The Hall–Kier alpha value is -1.10. The second kappa shape index (κ2) is 3.57. The fourth-order valence-electron chi connectivity index (χ4n) is 1.14. The lowest BCUT2D eigenvalue weighted by Gasteiger charge is -2.03. The second-order valence-corrected chi connectivity index (χ2v) is 4.27. The molecule has 0 aliphatic heterocycles. The van der Waals surface area contributed by atoms with E-state index in [1.54, 1.807) is 6.07 Å². The van der Waals surface area contributed by atoms with Gasteiger partial charge in [-0.3, -0.25) is 4.79 Å². The van der Waals surface area contributed by atoms with Crippen LogP contribution in [0.15, 0.2) is 22.9 Å². The molecule has 74 valence electrons. The summed E-state index contributed by atoms with van der Waals surface area (Å²) in [5, 5.41) is 13.8. The van der Waals surface area contributed by atoms with E-state index < -0.39 is 0 Å². The molecule has 0 saturated heterocycles. The fraction of sp³-hybridized carbons (Fsp3) is 0.333. The van der Waals surface area contributed by atoms with Gasteiger partial charge < -0.3 is 10.5 Å². The normalized spacial score (nSPS) is 15.2. The van der Waals surface area contributed by atoms with Gasteiger partial charge >= 0.3 is 0 Å². The Morgan fingerprint density at radius 2 is 2.29 bits per heavy atom. The van der Waals surface area contributed by atoms with Crippen molar-refractivity contribution in [3.8, 4) is 0 Å². The second-order valence-electron chi connectivity index (χ2n) is 3.35. The number of carbonyl (C=O) groups is 1. The third-order valence-corrected chi connectivity index (χ3v) is 2.42. The van der Waals surface area contributed by atoms with Gasteiger partial charge in [-0.05, 0) is 34.8 Å². The number of nitrogens with one attached hydrogen (secondary N) is 1. The molecule has 1 aliphatic rings. The summed E-state index contributed by atoms with van der Waals surface area (Å²) in [6.45, 7) is 0. The molecule has 0 atom stereocenters. The molecule has 1 amide bonds. The van der Waals surface area contributed by atoms with Gasteiger partial charge in [-0.2, -0.15) is 4.73 Å². The topological polar surface area (TPSA) is 56.0 Å².